The molecule has 0 bridgehead atoms. The van der Waals surface area contributed by atoms with E-state index in [4.69, 9.17) is 5.73 Å². The first-order valence-corrected chi connectivity index (χ1v) is 5.75. The Bertz CT molecular complexity index is 314. The number of aryl methyl sites for hydroxylation is 1. The number of aromatic nitrogens is 2. The van der Waals surface area contributed by atoms with Crippen LogP contribution >= 0.6 is 0 Å². The zero-order valence-corrected chi connectivity index (χ0v) is 9.66. The van der Waals surface area contributed by atoms with E-state index in [0.717, 1.165) is 31.7 Å². The maximum Gasteiger partial charge on any atom is 0.148 e. The van der Waals surface area contributed by atoms with Crippen LogP contribution in [-0.2, 0) is 19.9 Å². The second-order valence-corrected chi connectivity index (χ2v) is 4.28. The van der Waals surface area contributed by atoms with Crippen LogP contribution < -0.4 is 5.73 Å². The molecule has 4 nitrogen and oxygen atoms in total. The number of nitrogens with zero attached hydrogens (tertiary/aromatic N) is 3. The van der Waals surface area contributed by atoms with E-state index in [1.54, 1.807) is 0 Å². The van der Waals surface area contributed by atoms with Gasteiger partial charge in [0.25, 0.3) is 0 Å². The summed E-state index contributed by atoms with van der Waals surface area (Å²) in [6.07, 6.45) is 3.36. The lowest BCUT2D eigenvalue weighted by molar-refractivity contribution is 0.286. The van der Waals surface area contributed by atoms with E-state index in [2.05, 4.69) is 16.9 Å². The number of rotatable bonds is 2. The Kier molecular flexibility index (Phi) is 2.95. The molecule has 0 unspecified atom stereocenters. The van der Waals surface area contributed by atoms with E-state index in [0.29, 0.717) is 0 Å². The predicted molar refractivity (Wildman–Crippen MR) is 61.8 cm³/mol. The highest BCUT2D eigenvalue weighted by Crippen LogP contribution is 2.20. The van der Waals surface area contributed by atoms with Crippen molar-refractivity contribution in [1.82, 2.24) is 14.7 Å². The van der Waals surface area contributed by atoms with Crippen molar-refractivity contribution in [1.29, 1.82) is 0 Å². The first-order valence-electron chi connectivity index (χ1n) is 5.75. The normalized spacial score (nSPS) is 17.5. The predicted octanol–water partition coefficient (Wildman–Crippen LogP) is 0.813. The third-order valence-electron chi connectivity index (χ3n) is 3.19. The maximum atomic E-state index is 5.90. The minimum absolute atomic E-state index is 0.728. The van der Waals surface area contributed by atoms with E-state index in [-0.39, 0.29) is 0 Å². The van der Waals surface area contributed by atoms with Crippen molar-refractivity contribution in [3.8, 4) is 0 Å². The van der Waals surface area contributed by atoms with Crippen molar-refractivity contribution in [3.63, 3.8) is 0 Å². The Morgan fingerprint density at radius 3 is 2.80 bits per heavy atom. The van der Waals surface area contributed by atoms with Crippen LogP contribution in [0.2, 0.25) is 0 Å². The van der Waals surface area contributed by atoms with Gasteiger partial charge < -0.3 is 10.6 Å². The highest BCUT2D eigenvalue weighted by molar-refractivity contribution is 5.43. The fourth-order valence-corrected chi connectivity index (χ4v) is 2.40. The third-order valence-corrected chi connectivity index (χ3v) is 3.19. The monoisotopic (exact) mass is 208 g/mol. The first kappa shape index (κ1) is 10.5. The highest BCUT2D eigenvalue weighted by atomic mass is 15.3. The van der Waals surface area contributed by atoms with Crippen molar-refractivity contribution in [3.05, 3.63) is 11.3 Å². The number of hydrogen-bond donors (Lipinski definition) is 1. The topological polar surface area (TPSA) is 47.1 Å². The van der Waals surface area contributed by atoms with Gasteiger partial charge in [-0.3, -0.25) is 4.68 Å². The lowest BCUT2D eigenvalue weighted by Gasteiger charge is -2.18. The van der Waals surface area contributed by atoms with E-state index >= 15 is 0 Å². The number of hydrogen-bond acceptors (Lipinski definition) is 3. The van der Waals surface area contributed by atoms with Crippen LogP contribution in [0.3, 0.4) is 0 Å². The van der Waals surface area contributed by atoms with Gasteiger partial charge in [-0.15, -0.1) is 0 Å². The van der Waals surface area contributed by atoms with E-state index in [1.165, 1.54) is 24.2 Å². The molecular weight excluding hydrogens is 188 g/mol. The Hall–Kier alpha value is -1.03. The van der Waals surface area contributed by atoms with E-state index in [1.807, 2.05) is 11.7 Å². The summed E-state index contributed by atoms with van der Waals surface area (Å²) in [7, 11) is 1.99. The van der Waals surface area contributed by atoms with Crippen LogP contribution in [-0.4, -0.2) is 34.3 Å². The Morgan fingerprint density at radius 1 is 1.33 bits per heavy atom. The Balaban J connectivity index is 2.15. The van der Waals surface area contributed by atoms with Crippen molar-refractivity contribution < 1.29 is 0 Å². The van der Waals surface area contributed by atoms with Gasteiger partial charge in [0.1, 0.15) is 5.82 Å². The molecule has 4 heteroatoms. The molecule has 1 aromatic rings. The summed E-state index contributed by atoms with van der Waals surface area (Å²) in [6.45, 7) is 5.69. The molecule has 1 aliphatic rings. The van der Waals surface area contributed by atoms with Gasteiger partial charge in [-0.25, -0.2) is 0 Å². The second-order valence-electron chi connectivity index (χ2n) is 4.28. The minimum atomic E-state index is 0.728. The molecule has 2 rings (SSSR count). The summed E-state index contributed by atoms with van der Waals surface area (Å²) in [5.74, 6) is 0.728. The summed E-state index contributed by atoms with van der Waals surface area (Å²) in [4.78, 5) is 2.51. The van der Waals surface area contributed by atoms with E-state index < -0.39 is 0 Å². The largest absolute Gasteiger partial charge is 0.382 e. The highest BCUT2D eigenvalue weighted by Gasteiger charge is 2.19. The molecule has 15 heavy (non-hydrogen) atoms. The number of nitrogen functional groups attached to an aromatic ring is 1. The van der Waals surface area contributed by atoms with Gasteiger partial charge in [0.2, 0.25) is 0 Å². The zero-order chi connectivity index (χ0) is 10.8. The average molecular weight is 208 g/mol. The van der Waals surface area contributed by atoms with Crippen LogP contribution in [0.5, 0.6) is 0 Å². The second kappa shape index (κ2) is 4.23. The van der Waals surface area contributed by atoms with Gasteiger partial charge in [-0.2, -0.15) is 5.10 Å². The fourth-order valence-electron chi connectivity index (χ4n) is 2.40. The molecule has 2 heterocycles. The summed E-state index contributed by atoms with van der Waals surface area (Å²) in [6, 6.07) is 0. The van der Waals surface area contributed by atoms with Crippen LogP contribution in [0.25, 0.3) is 0 Å². The van der Waals surface area contributed by atoms with Crippen LogP contribution in [0, 0.1) is 0 Å². The van der Waals surface area contributed by atoms with Crippen molar-refractivity contribution in [2.45, 2.75) is 26.2 Å². The number of anilines is 1. The Labute approximate surface area is 91.1 Å². The lowest BCUT2D eigenvalue weighted by atomic mass is 10.1. The van der Waals surface area contributed by atoms with Gasteiger partial charge in [-0.05, 0) is 19.4 Å². The van der Waals surface area contributed by atoms with Crippen molar-refractivity contribution in [2.75, 3.05) is 25.4 Å². The van der Waals surface area contributed by atoms with Crippen LogP contribution in [0.1, 0.15) is 24.6 Å². The molecule has 84 valence electrons. The van der Waals surface area contributed by atoms with Crippen LogP contribution in [0.15, 0.2) is 0 Å². The molecule has 0 fully saturated rings. The van der Waals surface area contributed by atoms with Gasteiger partial charge >= 0.3 is 0 Å². The molecule has 0 aliphatic carbocycles. The standard InChI is InChI=1S/C11H20N4/c1-3-6-15-7-4-9-10(5-8-15)14(2)13-11(9)12/h3-8H2,1-2H3,(H2,12,13). The quantitative estimate of drug-likeness (QED) is 0.782. The summed E-state index contributed by atoms with van der Waals surface area (Å²) >= 11 is 0. The molecule has 1 aromatic heterocycles. The maximum absolute atomic E-state index is 5.90. The zero-order valence-electron chi connectivity index (χ0n) is 9.66. The first-order chi connectivity index (χ1) is 7.22. The van der Waals surface area contributed by atoms with Crippen molar-refractivity contribution >= 4 is 5.82 Å². The van der Waals surface area contributed by atoms with Gasteiger partial charge in [0, 0.05) is 37.8 Å². The molecule has 0 atom stereocenters. The molecule has 0 radical (unpaired) electrons. The third kappa shape index (κ3) is 2.00. The molecule has 0 saturated carbocycles. The molecule has 0 amide bonds. The van der Waals surface area contributed by atoms with Gasteiger partial charge in [0.05, 0.1) is 0 Å². The SMILES string of the molecule is CCCN1CCc2c(N)nn(C)c2CC1. The van der Waals surface area contributed by atoms with Gasteiger partial charge in [0.15, 0.2) is 0 Å². The van der Waals surface area contributed by atoms with Crippen LogP contribution in [0.4, 0.5) is 5.82 Å². The minimum Gasteiger partial charge on any atom is -0.382 e. The van der Waals surface area contributed by atoms with Crippen molar-refractivity contribution in [2.24, 2.45) is 7.05 Å². The average Bonchev–Trinajstić information content (AvgIpc) is 2.40. The summed E-state index contributed by atoms with van der Waals surface area (Å²) < 4.78 is 1.94. The molecule has 1 aliphatic heterocycles. The smallest absolute Gasteiger partial charge is 0.148 e. The molecule has 0 spiro atoms. The molecular formula is C11H20N4. The Morgan fingerprint density at radius 2 is 2.07 bits per heavy atom. The molecule has 2 N–H and O–H groups in total. The molecule has 0 aromatic carbocycles. The lowest BCUT2D eigenvalue weighted by Crippen LogP contribution is -2.27. The summed E-state index contributed by atoms with van der Waals surface area (Å²) in [5, 5.41) is 4.28. The number of nitrogens with two attached hydrogens (primary N) is 1. The van der Waals surface area contributed by atoms with Gasteiger partial charge in [-0.1, -0.05) is 6.92 Å². The summed E-state index contributed by atoms with van der Waals surface area (Å²) in [5.41, 5.74) is 8.50. The fraction of sp³-hybridized carbons (Fsp3) is 0.727. The molecule has 0 saturated heterocycles. The van der Waals surface area contributed by atoms with E-state index in [9.17, 15) is 0 Å². The number of fused-ring (bicyclic) bond motifs is 1.